The van der Waals surface area contributed by atoms with Gasteiger partial charge in [-0.15, -0.1) is 0 Å². The van der Waals surface area contributed by atoms with Crippen LogP contribution in [0.2, 0.25) is 5.02 Å². The van der Waals surface area contributed by atoms with Crippen LogP contribution in [0.15, 0.2) is 40.8 Å². The van der Waals surface area contributed by atoms with Crippen LogP contribution in [0.5, 0.6) is 0 Å². The minimum atomic E-state index is -0.220. The topological polar surface area (TPSA) is 63.5 Å². The lowest BCUT2D eigenvalue weighted by Crippen LogP contribution is -2.45. The van der Waals surface area contributed by atoms with E-state index < -0.39 is 0 Å². The zero-order valence-corrected chi connectivity index (χ0v) is 14.3. The van der Waals surface area contributed by atoms with E-state index in [2.05, 4.69) is 10.6 Å². The number of urea groups is 1. The van der Waals surface area contributed by atoms with E-state index >= 15 is 0 Å². The van der Waals surface area contributed by atoms with Crippen molar-refractivity contribution in [1.82, 2.24) is 10.6 Å². The van der Waals surface area contributed by atoms with Gasteiger partial charge in [-0.2, -0.15) is 0 Å². The fourth-order valence-corrected chi connectivity index (χ4v) is 2.88. The average molecular weight is 349 g/mol. The molecule has 2 aromatic rings. The second-order valence-corrected chi connectivity index (χ2v) is 6.38. The summed E-state index contributed by atoms with van der Waals surface area (Å²) in [5.41, 5.74) is 0.946. The molecule has 0 spiro atoms. The van der Waals surface area contributed by atoms with E-state index in [1.807, 2.05) is 43.3 Å². The largest absolute Gasteiger partial charge is 0.459 e. The van der Waals surface area contributed by atoms with Crippen LogP contribution in [0.1, 0.15) is 25.5 Å². The first kappa shape index (κ1) is 16.9. The fourth-order valence-electron chi connectivity index (χ4n) is 2.76. The maximum atomic E-state index is 12.0. The highest BCUT2D eigenvalue weighted by Gasteiger charge is 2.23. The van der Waals surface area contributed by atoms with E-state index in [0.717, 1.165) is 30.8 Å². The Bertz CT molecular complexity index is 678. The molecule has 2 atom stereocenters. The van der Waals surface area contributed by atoms with Gasteiger partial charge in [-0.05, 0) is 56.2 Å². The van der Waals surface area contributed by atoms with Crippen LogP contribution in [0.3, 0.4) is 0 Å². The summed E-state index contributed by atoms with van der Waals surface area (Å²) in [5, 5.41) is 6.40. The van der Waals surface area contributed by atoms with Crippen molar-refractivity contribution in [1.29, 1.82) is 0 Å². The maximum Gasteiger partial charge on any atom is 0.315 e. The molecule has 1 aromatic heterocycles. The van der Waals surface area contributed by atoms with Crippen LogP contribution in [0.25, 0.3) is 11.3 Å². The Labute approximate surface area is 146 Å². The summed E-state index contributed by atoms with van der Waals surface area (Å²) in [7, 11) is 0. The summed E-state index contributed by atoms with van der Waals surface area (Å²) >= 11 is 5.88. The van der Waals surface area contributed by atoms with Crippen molar-refractivity contribution in [2.75, 3.05) is 6.61 Å². The summed E-state index contributed by atoms with van der Waals surface area (Å²) in [6.07, 6.45) is 2.15. The molecule has 0 radical (unpaired) electrons. The molecule has 0 bridgehead atoms. The second-order valence-electron chi connectivity index (χ2n) is 5.94. The fraction of sp³-hybridized carbons (Fsp3) is 0.389. The van der Waals surface area contributed by atoms with Crippen molar-refractivity contribution in [3.05, 3.63) is 47.2 Å². The first-order chi connectivity index (χ1) is 11.6. The second kappa shape index (κ2) is 7.73. The molecular weight excluding hydrogens is 328 g/mol. The molecule has 0 aliphatic carbocycles. The molecule has 1 saturated heterocycles. The Hall–Kier alpha value is -1.98. The number of hydrogen-bond donors (Lipinski definition) is 2. The maximum absolute atomic E-state index is 12.0. The number of amides is 2. The van der Waals surface area contributed by atoms with E-state index in [0.29, 0.717) is 17.3 Å². The van der Waals surface area contributed by atoms with Gasteiger partial charge >= 0.3 is 6.03 Å². The van der Waals surface area contributed by atoms with E-state index in [1.54, 1.807) is 0 Å². The predicted octanol–water partition coefficient (Wildman–Crippen LogP) is 3.97. The Morgan fingerprint density at radius 1 is 1.29 bits per heavy atom. The first-order valence-electron chi connectivity index (χ1n) is 8.12. The Morgan fingerprint density at radius 2 is 2.08 bits per heavy atom. The SMILES string of the molecule is C[C@H](NC(=O)NCc1ccc(-c2ccc(Cl)cc2)o1)[C@H]1CCCO1. The molecule has 24 heavy (non-hydrogen) atoms. The molecule has 2 heterocycles. The molecule has 2 N–H and O–H groups in total. The minimum Gasteiger partial charge on any atom is -0.459 e. The highest BCUT2D eigenvalue weighted by molar-refractivity contribution is 6.30. The number of nitrogens with one attached hydrogen (secondary N) is 2. The number of ether oxygens (including phenoxy) is 1. The van der Waals surface area contributed by atoms with Gasteiger partial charge in [0, 0.05) is 17.2 Å². The third-order valence-electron chi connectivity index (χ3n) is 4.09. The van der Waals surface area contributed by atoms with Gasteiger partial charge in [0.15, 0.2) is 0 Å². The molecule has 3 rings (SSSR count). The van der Waals surface area contributed by atoms with Crippen molar-refractivity contribution in [2.24, 2.45) is 0 Å². The summed E-state index contributed by atoms with van der Waals surface area (Å²) in [4.78, 5) is 12.0. The van der Waals surface area contributed by atoms with Gasteiger partial charge in [0.1, 0.15) is 11.5 Å². The zero-order chi connectivity index (χ0) is 16.9. The molecule has 1 aliphatic heterocycles. The van der Waals surface area contributed by atoms with Crippen molar-refractivity contribution in [3.8, 4) is 11.3 Å². The number of carbonyl (C=O) groups excluding carboxylic acids is 1. The van der Waals surface area contributed by atoms with Gasteiger partial charge in [-0.3, -0.25) is 0 Å². The van der Waals surface area contributed by atoms with Crippen LogP contribution >= 0.6 is 11.6 Å². The number of halogens is 1. The Morgan fingerprint density at radius 3 is 2.79 bits per heavy atom. The number of hydrogen-bond acceptors (Lipinski definition) is 3. The van der Waals surface area contributed by atoms with Crippen molar-refractivity contribution in [3.63, 3.8) is 0 Å². The quantitative estimate of drug-likeness (QED) is 0.859. The van der Waals surface area contributed by atoms with Crippen molar-refractivity contribution < 1.29 is 13.9 Å². The number of benzene rings is 1. The molecule has 0 unspecified atom stereocenters. The van der Waals surface area contributed by atoms with Gasteiger partial charge in [-0.25, -0.2) is 4.79 Å². The predicted molar refractivity (Wildman–Crippen MR) is 93.0 cm³/mol. The summed E-state index contributed by atoms with van der Waals surface area (Å²) in [5.74, 6) is 1.44. The van der Waals surface area contributed by atoms with Crippen molar-refractivity contribution >= 4 is 17.6 Å². The highest BCUT2D eigenvalue weighted by Crippen LogP contribution is 2.23. The lowest BCUT2D eigenvalue weighted by atomic mass is 10.1. The number of rotatable bonds is 5. The average Bonchev–Trinajstić information content (AvgIpc) is 3.25. The molecule has 128 valence electrons. The molecule has 2 amide bonds. The van der Waals surface area contributed by atoms with Gasteiger partial charge < -0.3 is 19.8 Å². The normalized spacial score (nSPS) is 18.3. The van der Waals surface area contributed by atoms with Crippen LogP contribution in [0, 0.1) is 0 Å². The lowest BCUT2D eigenvalue weighted by molar-refractivity contribution is 0.0860. The van der Waals surface area contributed by atoms with E-state index in [1.165, 1.54) is 0 Å². The highest BCUT2D eigenvalue weighted by atomic mass is 35.5. The van der Waals surface area contributed by atoms with E-state index in [9.17, 15) is 4.79 Å². The molecule has 0 saturated carbocycles. The van der Waals surface area contributed by atoms with E-state index in [4.69, 9.17) is 20.8 Å². The van der Waals surface area contributed by atoms with Crippen LogP contribution < -0.4 is 10.6 Å². The van der Waals surface area contributed by atoms with Gasteiger partial charge in [0.2, 0.25) is 0 Å². The Balaban J connectivity index is 1.49. The molecule has 5 nitrogen and oxygen atoms in total. The van der Waals surface area contributed by atoms with E-state index in [-0.39, 0.29) is 18.2 Å². The van der Waals surface area contributed by atoms with Crippen LogP contribution in [-0.2, 0) is 11.3 Å². The summed E-state index contributed by atoms with van der Waals surface area (Å²) in [6, 6.07) is 10.9. The first-order valence-corrected chi connectivity index (χ1v) is 8.50. The van der Waals surface area contributed by atoms with Gasteiger partial charge in [0.25, 0.3) is 0 Å². The zero-order valence-electron chi connectivity index (χ0n) is 13.5. The molecular formula is C18H21ClN2O3. The third-order valence-corrected chi connectivity index (χ3v) is 4.35. The molecule has 6 heteroatoms. The van der Waals surface area contributed by atoms with Crippen molar-refractivity contribution in [2.45, 2.75) is 38.5 Å². The van der Waals surface area contributed by atoms with Crippen LogP contribution in [0.4, 0.5) is 4.79 Å². The standard InChI is InChI=1S/C18H21ClN2O3/c1-12(16-3-2-10-23-16)21-18(22)20-11-15-8-9-17(24-15)13-4-6-14(19)7-5-13/h4-9,12,16H,2-3,10-11H2,1H3,(H2,20,21,22)/t12-,16+/m0/s1. The van der Waals surface area contributed by atoms with Gasteiger partial charge in [-0.1, -0.05) is 11.6 Å². The molecule has 1 aromatic carbocycles. The summed E-state index contributed by atoms with van der Waals surface area (Å²) < 4.78 is 11.3. The molecule has 1 fully saturated rings. The number of furan rings is 1. The number of carbonyl (C=O) groups is 1. The molecule has 1 aliphatic rings. The van der Waals surface area contributed by atoms with Crippen LogP contribution in [-0.4, -0.2) is 24.8 Å². The lowest BCUT2D eigenvalue weighted by Gasteiger charge is -2.20. The minimum absolute atomic E-state index is 0.00581. The summed E-state index contributed by atoms with van der Waals surface area (Å²) in [6.45, 7) is 3.07. The smallest absolute Gasteiger partial charge is 0.315 e. The third kappa shape index (κ3) is 4.30. The van der Waals surface area contributed by atoms with Gasteiger partial charge in [0.05, 0.1) is 18.7 Å². The Kier molecular flexibility index (Phi) is 5.43. The monoisotopic (exact) mass is 348 g/mol.